The highest BCUT2D eigenvalue weighted by Gasteiger charge is 2.19. The number of ether oxygens (including phenoxy) is 1. The van der Waals surface area contributed by atoms with Gasteiger partial charge in [0.25, 0.3) is 0 Å². The van der Waals surface area contributed by atoms with Crippen molar-refractivity contribution in [2.75, 3.05) is 31.2 Å². The standard InChI is InChI=1S/C22H31N3O4/c1-16-12-22-21(23-18(16)3)7-4-9-25(22)10-8-17(2)24-29-14-19(26)13-27-15-20-6-5-11-28-20/h5-6,11-12,19,26H,4,7-10,13-15H2,1-3H3/t19-/m0/s1. The number of aryl methyl sites for hydroxylation is 3. The molecule has 7 nitrogen and oxygen atoms in total. The van der Waals surface area contributed by atoms with E-state index in [2.05, 4.69) is 30.0 Å². The van der Waals surface area contributed by atoms with Crippen LogP contribution in [-0.2, 0) is 22.6 Å². The van der Waals surface area contributed by atoms with Crippen molar-refractivity contribution in [1.29, 1.82) is 0 Å². The normalized spacial score (nSPS) is 15.3. The van der Waals surface area contributed by atoms with Crippen LogP contribution in [0.3, 0.4) is 0 Å². The lowest BCUT2D eigenvalue weighted by Crippen LogP contribution is -2.32. The van der Waals surface area contributed by atoms with Crippen LogP contribution in [-0.4, -0.2) is 48.2 Å². The number of anilines is 1. The van der Waals surface area contributed by atoms with Crippen molar-refractivity contribution < 1.29 is 19.1 Å². The molecule has 0 radical (unpaired) electrons. The first-order valence-corrected chi connectivity index (χ1v) is 10.2. The van der Waals surface area contributed by atoms with E-state index in [0.29, 0.717) is 6.61 Å². The van der Waals surface area contributed by atoms with Crippen LogP contribution in [0.5, 0.6) is 0 Å². The number of aliphatic hydroxyl groups excluding tert-OH is 1. The Hall–Kier alpha value is -2.38. The van der Waals surface area contributed by atoms with Crippen LogP contribution in [0.4, 0.5) is 5.69 Å². The minimum atomic E-state index is -0.729. The van der Waals surface area contributed by atoms with E-state index in [1.807, 2.05) is 13.0 Å². The monoisotopic (exact) mass is 401 g/mol. The highest BCUT2D eigenvalue weighted by molar-refractivity contribution is 5.81. The maximum absolute atomic E-state index is 9.92. The van der Waals surface area contributed by atoms with Crippen molar-refractivity contribution in [1.82, 2.24) is 4.98 Å². The highest BCUT2D eigenvalue weighted by atomic mass is 16.6. The molecule has 3 rings (SSSR count). The smallest absolute Gasteiger partial charge is 0.145 e. The van der Waals surface area contributed by atoms with Crippen molar-refractivity contribution >= 4 is 11.4 Å². The Morgan fingerprint density at radius 2 is 2.24 bits per heavy atom. The molecule has 0 aromatic carbocycles. The third-order valence-corrected chi connectivity index (χ3v) is 5.07. The second-order valence-corrected chi connectivity index (χ2v) is 7.57. The van der Waals surface area contributed by atoms with Crippen molar-refractivity contribution in [3.05, 3.63) is 47.2 Å². The number of furan rings is 1. The summed E-state index contributed by atoms with van der Waals surface area (Å²) in [5, 5.41) is 14.1. The summed E-state index contributed by atoms with van der Waals surface area (Å²) in [7, 11) is 0. The van der Waals surface area contributed by atoms with Gasteiger partial charge in [0.15, 0.2) is 0 Å². The molecule has 0 unspecified atom stereocenters. The number of aromatic nitrogens is 1. The van der Waals surface area contributed by atoms with Crippen molar-refractivity contribution in [3.63, 3.8) is 0 Å². The molecular formula is C22H31N3O4. The fourth-order valence-corrected chi connectivity index (χ4v) is 3.30. The molecular weight excluding hydrogens is 370 g/mol. The van der Waals surface area contributed by atoms with Crippen LogP contribution in [0.25, 0.3) is 0 Å². The Labute approximate surface area is 172 Å². The molecule has 0 saturated carbocycles. The van der Waals surface area contributed by atoms with Gasteiger partial charge in [-0.3, -0.25) is 4.98 Å². The summed E-state index contributed by atoms with van der Waals surface area (Å²) in [6.45, 7) is 8.65. The van der Waals surface area contributed by atoms with E-state index in [4.69, 9.17) is 19.0 Å². The number of pyridine rings is 1. The Kier molecular flexibility index (Phi) is 7.66. The third kappa shape index (κ3) is 6.30. The third-order valence-electron chi connectivity index (χ3n) is 5.07. The number of nitrogens with zero attached hydrogens (tertiary/aromatic N) is 3. The van der Waals surface area contributed by atoms with E-state index < -0.39 is 6.10 Å². The maximum atomic E-state index is 9.92. The zero-order chi connectivity index (χ0) is 20.6. The fraction of sp³-hybridized carbons (Fsp3) is 0.545. The molecule has 1 aliphatic heterocycles. The molecule has 158 valence electrons. The quantitative estimate of drug-likeness (QED) is 0.485. The van der Waals surface area contributed by atoms with Crippen molar-refractivity contribution in [3.8, 4) is 0 Å². The number of hydrogen-bond acceptors (Lipinski definition) is 7. The summed E-state index contributed by atoms with van der Waals surface area (Å²) < 4.78 is 10.6. The van der Waals surface area contributed by atoms with Crippen molar-refractivity contribution in [2.45, 2.75) is 52.7 Å². The average Bonchev–Trinajstić information content (AvgIpc) is 3.21. The zero-order valence-electron chi connectivity index (χ0n) is 17.6. The van der Waals surface area contributed by atoms with Gasteiger partial charge in [-0.25, -0.2) is 0 Å². The fourth-order valence-electron chi connectivity index (χ4n) is 3.30. The van der Waals surface area contributed by atoms with Gasteiger partial charge in [0.05, 0.1) is 30.0 Å². The SMILES string of the molecule is CC(CCN1CCCc2nc(C)c(C)cc21)=NOC[C@@H](O)COCc1ccco1. The van der Waals surface area contributed by atoms with E-state index in [1.54, 1.807) is 12.3 Å². The summed E-state index contributed by atoms with van der Waals surface area (Å²) in [6, 6.07) is 5.88. The molecule has 0 saturated heterocycles. The van der Waals surface area contributed by atoms with Crippen LogP contribution in [0.1, 0.15) is 42.5 Å². The summed E-state index contributed by atoms with van der Waals surface area (Å²) >= 11 is 0. The van der Waals surface area contributed by atoms with Gasteiger partial charge < -0.3 is 24.0 Å². The Balaban J connectivity index is 1.39. The highest BCUT2D eigenvalue weighted by Crippen LogP contribution is 2.27. The lowest BCUT2D eigenvalue weighted by Gasteiger charge is -2.31. The molecule has 2 aromatic rings. The number of fused-ring (bicyclic) bond motifs is 1. The summed E-state index contributed by atoms with van der Waals surface area (Å²) in [4.78, 5) is 12.4. The van der Waals surface area contributed by atoms with Gasteiger partial charge in [-0.1, -0.05) is 5.16 Å². The van der Waals surface area contributed by atoms with Crippen molar-refractivity contribution in [2.24, 2.45) is 5.16 Å². The number of oxime groups is 1. The second kappa shape index (κ2) is 10.4. The van der Waals surface area contributed by atoms with Crippen LogP contribution in [0.2, 0.25) is 0 Å². The molecule has 0 fully saturated rings. The van der Waals surface area contributed by atoms with E-state index in [9.17, 15) is 5.11 Å². The first-order chi connectivity index (χ1) is 14.0. The molecule has 3 heterocycles. The van der Waals surface area contributed by atoms with E-state index >= 15 is 0 Å². The molecule has 29 heavy (non-hydrogen) atoms. The van der Waals surface area contributed by atoms with Crippen LogP contribution in [0.15, 0.2) is 34.0 Å². The Morgan fingerprint density at radius 3 is 3.03 bits per heavy atom. The lowest BCUT2D eigenvalue weighted by atomic mass is 10.0. The molecule has 0 spiro atoms. The molecule has 2 aromatic heterocycles. The molecule has 1 atom stereocenters. The van der Waals surface area contributed by atoms with Crippen LogP contribution < -0.4 is 4.90 Å². The Morgan fingerprint density at radius 1 is 1.38 bits per heavy atom. The van der Waals surface area contributed by atoms with E-state index in [-0.39, 0.29) is 13.2 Å². The maximum Gasteiger partial charge on any atom is 0.145 e. The summed E-state index contributed by atoms with van der Waals surface area (Å²) in [5.74, 6) is 0.729. The van der Waals surface area contributed by atoms with Gasteiger partial charge in [-0.05, 0) is 57.4 Å². The van der Waals surface area contributed by atoms with Gasteiger partial charge in [0.2, 0.25) is 0 Å². The minimum absolute atomic E-state index is 0.102. The van der Waals surface area contributed by atoms with Gasteiger partial charge in [0.1, 0.15) is 25.1 Å². The molecule has 1 aliphatic rings. The topological polar surface area (TPSA) is 80.3 Å². The van der Waals surface area contributed by atoms with Gasteiger partial charge in [-0.15, -0.1) is 0 Å². The summed E-state index contributed by atoms with van der Waals surface area (Å²) in [6.07, 6.45) is 3.84. The number of aliphatic hydroxyl groups is 1. The molecule has 7 heteroatoms. The molecule has 0 aliphatic carbocycles. The van der Waals surface area contributed by atoms with Gasteiger partial charge in [-0.2, -0.15) is 0 Å². The lowest BCUT2D eigenvalue weighted by molar-refractivity contribution is -0.0253. The zero-order valence-corrected chi connectivity index (χ0v) is 17.6. The first kappa shape index (κ1) is 21.3. The predicted molar refractivity (Wildman–Crippen MR) is 112 cm³/mol. The van der Waals surface area contributed by atoms with E-state index in [1.165, 1.54) is 16.9 Å². The molecule has 1 N–H and O–H groups in total. The predicted octanol–water partition coefficient (Wildman–Crippen LogP) is 3.40. The van der Waals surface area contributed by atoms with Gasteiger partial charge in [0, 0.05) is 25.2 Å². The average molecular weight is 402 g/mol. The summed E-state index contributed by atoms with van der Waals surface area (Å²) in [5.41, 5.74) is 5.69. The first-order valence-electron chi connectivity index (χ1n) is 10.2. The Bertz CT molecular complexity index is 805. The van der Waals surface area contributed by atoms with E-state index in [0.717, 1.165) is 49.5 Å². The minimum Gasteiger partial charge on any atom is -0.467 e. The van der Waals surface area contributed by atoms with Crippen LogP contribution >= 0.6 is 0 Å². The molecule has 0 bridgehead atoms. The number of hydrogen-bond donors (Lipinski definition) is 1. The second-order valence-electron chi connectivity index (χ2n) is 7.57. The largest absolute Gasteiger partial charge is 0.467 e. The number of rotatable bonds is 10. The molecule has 0 amide bonds. The van der Waals surface area contributed by atoms with Gasteiger partial charge >= 0.3 is 0 Å². The van der Waals surface area contributed by atoms with Crippen LogP contribution in [0, 0.1) is 13.8 Å².